The maximum absolute atomic E-state index is 13.3. The molecule has 0 bridgehead atoms. The number of nitrogens with zero attached hydrogens (tertiary/aromatic N) is 1. The number of rotatable bonds is 11. The van der Waals surface area contributed by atoms with E-state index in [9.17, 15) is 14.0 Å². The quantitative estimate of drug-likeness (QED) is 0.530. The number of carbonyl (C=O) groups is 2. The van der Waals surface area contributed by atoms with Crippen LogP contribution < -0.4 is 10.1 Å². The van der Waals surface area contributed by atoms with Crippen LogP contribution in [0.1, 0.15) is 64.5 Å². The van der Waals surface area contributed by atoms with Gasteiger partial charge in [-0.05, 0) is 61.1 Å². The molecular weight excluding hydrogens is 407 g/mol. The fraction of sp³-hybridized carbons (Fsp3) is 0.462. The van der Waals surface area contributed by atoms with Gasteiger partial charge in [-0.25, -0.2) is 4.39 Å². The maximum Gasteiger partial charge on any atom is 0.261 e. The van der Waals surface area contributed by atoms with Crippen LogP contribution in [0.2, 0.25) is 0 Å². The van der Waals surface area contributed by atoms with E-state index in [0.717, 1.165) is 12.0 Å². The van der Waals surface area contributed by atoms with Gasteiger partial charge in [0, 0.05) is 12.6 Å². The van der Waals surface area contributed by atoms with E-state index in [2.05, 4.69) is 19.2 Å². The van der Waals surface area contributed by atoms with E-state index < -0.39 is 6.04 Å². The van der Waals surface area contributed by atoms with Crippen molar-refractivity contribution in [2.24, 2.45) is 0 Å². The van der Waals surface area contributed by atoms with Crippen molar-refractivity contribution < 1.29 is 18.7 Å². The van der Waals surface area contributed by atoms with Gasteiger partial charge in [0.25, 0.3) is 5.91 Å². The molecule has 2 aromatic rings. The highest BCUT2D eigenvalue weighted by atomic mass is 19.1. The van der Waals surface area contributed by atoms with Crippen LogP contribution in [0.15, 0.2) is 48.5 Å². The van der Waals surface area contributed by atoms with Gasteiger partial charge in [-0.1, -0.05) is 52.0 Å². The Bertz CT molecular complexity index is 866. The number of hydrogen-bond acceptors (Lipinski definition) is 3. The molecule has 32 heavy (non-hydrogen) atoms. The molecule has 2 atom stereocenters. The Morgan fingerprint density at radius 1 is 0.969 bits per heavy atom. The Morgan fingerprint density at radius 3 is 2.12 bits per heavy atom. The molecule has 0 spiro atoms. The Morgan fingerprint density at radius 2 is 1.59 bits per heavy atom. The third-order valence-corrected chi connectivity index (χ3v) is 5.56. The van der Waals surface area contributed by atoms with Crippen LogP contribution in [0, 0.1) is 5.82 Å². The smallest absolute Gasteiger partial charge is 0.261 e. The van der Waals surface area contributed by atoms with Gasteiger partial charge in [-0.15, -0.1) is 0 Å². The molecule has 2 amide bonds. The molecule has 0 aromatic heterocycles. The van der Waals surface area contributed by atoms with E-state index >= 15 is 0 Å². The summed E-state index contributed by atoms with van der Waals surface area (Å²) in [5.74, 6) is 0.168. The van der Waals surface area contributed by atoms with Crippen molar-refractivity contribution in [2.45, 2.75) is 72.0 Å². The molecule has 2 aromatic carbocycles. The predicted molar refractivity (Wildman–Crippen MR) is 125 cm³/mol. The van der Waals surface area contributed by atoms with Crippen LogP contribution in [0.25, 0.3) is 0 Å². The summed E-state index contributed by atoms with van der Waals surface area (Å²) in [5.41, 5.74) is 1.94. The minimum absolute atomic E-state index is 0.00930. The van der Waals surface area contributed by atoms with Crippen LogP contribution in [0.3, 0.4) is 0 Å². The zero-order valence-corrected chi connectivity index (χ0v) is 19.7. The molecule has 0 aliphatic carbocycles. The van der Waals surface area contributed by atoms with E-state index in [-0.39, 0.29) is 36.8 Å². The molecule has 1 N–H and O–H groups in total. The molecule has 0 radical (unpaired) electrons. The van der Waals surface area contributed by atoms with Crippen LogP contribution in [0.4, 0.5) is 4.39 Å². The first-order valence-corrected chi connectivity index (χ1v) is 11.3. The molecule has 2 rings (SSSR count). The van der Waals surface area contributed by atoms with Crippen molar-refractivity contribution in [3.63, 3.8) is 0 Å². The summed E-state index contributed by atoms with van der Waals surface area (Å²) in [6.07, 6.45) is 1.25. The highest BCUT2D eigenvalue weighted by Crippen LogP contribution is 2.19. The molecule has 5 nitrogen and oxygen atoms in total. The Hall–Kier alpha value is -2.89. The first-order chi connectivity index (χ1) is 15.2. The average Bonchev–Trinajstić information content (AvgIpc) is 2.78. The number of nitrogens with one attached hydrogen (secondary N) is 1. The lowest BCUT2D eigenvalue weighted by atomic mass is 10.0. The number of ether oxygens (including phenoxy) is 1. The number of hydrogen-bond donors (Lipinski definition) is 1. The molecule has 0 aliphatic rings. The van der Waals surface area contributed by atoms with Gasteiger partial charge in [0.1, 0.15) is 17.6 Å². The second-order valence-corrected chi connectivity index (χ2v) is 8.40. The minimum atomic E-state index is -0.645. The van der Waals surface area contributed by atoms with Crippen molar-refractivity contribution in [1.29, 1.82) is 0 Å². The van der Waals surface area contributed by atoms with Crippen molar-refractivity contribution in [3.8, 4) is 5.75 Å². The zero-order chi connectivity index (χ0) is 23.7. The van der Waals surface area contributed by atoms with Gasteiger partial charge in [0.15, 0.2) is 6.61 Å². The summed E-state index contributed by atoms with van der Waals surface area (Å²) in [6, 6.07) is 13.0. The second-order valence-electron chi connectivity index (χ2n) is 8.40. The normalized spacial score (nSPS) is 12.8. The van der Waals surface area contributed by atoms with Crippen molar-refractivity contribution in [3.05, 3.63) is 65.5 Å². The lowest BCUT2D eigenvalue weighted by Gasteiger charge is -2.31. The fourth-order valence-corrected chi connectivity index (χ4v) is 3.32. The lowest BCUT2D eigenvalue weighted by molar-refractivity contribution is -0.143. The van der Waals surface area contributed by atoms with Crippen molar-refractivity contribution in [1.82, 2.24) is 10.2 Å². The van der Waals surface area contributed by atoms with Gasteiger partial charge in [-0.3, -0.25) is 9.59 Å². The highest BCUT2D eigenvalue weighted by molar-refractivity contribution is 5.88. The van der Waals surface area contributed by atoms with Gasteiger partial charge in [-0.2, -0.15) is 0 Å². The highest BCUT2D eigenvalue weighted by Gasteiger charge is 2.29. The summed E-state index contributed by atoms with van der Waals surface area (Å²) in [4.78, 5) is 27.6. The van der Waals surface area contributed by atoms with Crippen LogP contribution in [-0.4, -0.2) is 35.4 Å². The second kappa shape index (κ2) is 12.2. The molecule has 0 saturated carbocycles. The molecule has 6 heteroatoms. The summed E-state index contributed by atoms with van der Waals surface area (Å²) in [6.45, 7) is 10.0. The minimum Gasteiger partial charge on any atom is -0.484 e. The molecule has 0 fully saturated rings. The molecular formula is C26H35FN2O3. The fourth-order valence-electron chi connectivity index (χ4n) is 3.32. The van der Waals surface area contributed by atoms with Gasteiger partial charge in [0.05, 0.1) is 0 Å². The van der Waals surface area contributed by atoms with E-state index in [1.807, 2.05) is 45.0 Å². The summed E-state index contributed by atoms with van der Waals surface area (Å²) >= 11 is 0. The van der Waals surface area contributed by atoms with Gasteiger partial charge >= 0.3 is 0 Å². The van der Waals surface area contributed by atoms with E-state index in [1.54, 1.807) is 12.1 Å². The third-order valence-electron chi connectivity index (χ3n) is 5.56. The summed E-state index contributed by atoms with van der Waals surface area (Å²) < 4.78 is 19.1. The van der Waals surface area contributed by atoms with Crippen molar-refractivity contribution in [2.75, 3.05) is 6.61 Å². The van der Waals surface area contributed by atoms with Crippen LogP contribution in [0.5, 0.6) is 5.75 Å². The van der Waals surface area contributed by atoms with Crippen LogP contribution >= 0.6 is 0 Å². The van der Waals surface area contributed by atoms with E-state index in [0.29, 0.717) is 18.1 Å². The summed E-state index contributed by atoms with van der Waals surface area (Å²) in [7, 11) is 0. The largest absolute Gasteiger partial charge is 0.484 e. The maximum atomic E-state index is 13.3. The standard InChI is InChI=1S/C26H35FN2O3/c1-6-19(5)28-26(31)24(7-2)29(16-20-8-12-22(27)13-9-20)25(30)17-32-23-14-10-21(11-15-23)18(3)4/h8-15,18-19,24H,6-7,16-17H2,1-5H3,(H,28,31)/t19-,24-/m0/s1. The third kappa shape index (κ3) is 7.36. The number of amides is 2. The number of carbonyl (C=O) groups excluding carboxylic acids is 2. The van der Waals surface area contributed by atoms with Crippen LogP contribution in [-0.2, 0) is 16.1 Å². The zero-order valence-electron chi connectivity index (χ0n) is 19.7. The van der Waals surface area contributed by atoms with E-state index in [4.69, 9.17) is 4.74 Å². The van der Waals surface area contributed by atoms with E-state index in [1.165, 1.54) is 22.6 Å². The van der Waals surface area contributed by atoms with Gasteiger partial charge < -0.3 is 15.0 Å². The number of benzene rings is 2. The topological polar surface area (TPSA) is 58.6 Å². The average molecular weight is 443 g/mol. The van der Waals surface area contributed by atoms with Gasteiger partial charge in [0.2, 0.25) is 5.91 Å². The molecule has 0 aliphatic heterocycles. The monoisotopic (exact) mass is 442 g/mol. The molecule has 174 valence electrons. The number of halogens is 1. The first kappa shape index (κ1) is 25.4. The predicted octanol–water partition coefficient (Wildman–Crippen LogP) is 5.05. The lowest BCUT2D eigenvalue weighted by Crippen LogP contribution is -2.51. The molecule has 0 saturated heterocycles. The van der Waals surface area contributed by atoms with Crippen molar-refractivity contribution >= 4 is 11.8 Å². The molecule has 0 heterocycles. The Balaban J connectivity index is 2.18. The SMILES string of the molecule is CC[C@H](C)NC(=O)[C@H](CC)N(Cc1ccc(F)cc1)C(=O)COc1ccc(C(C)C)cc1. The Kier molecular flexibility index (Phi) is 9.69. The Labute approximate surface area is 191 Å². The first-order valence-electron chi connectivity index (χ1n) is 11.3. The summed E-state index contributed by atoms with van der Waals surface area (Å²) in [5, 5.41) is 2.97. The molecule has 0 unspecified atom stereocenters.